The summed E-state index contributed by atoms with van der Waals surface area (Å²) in [4.78, 5) is 27.7. The Labute approximate surface area is 126 Å². The first-order valence-corrected chi connectivity index (χ1v) is 7.73. The van der Waals surface area contributed by atoms with Crippen LogP contribution < -0.4 is 4.90 Å². The Hall–Kier alpha value is -1.84. The van der Waals surface area contributed by atoms with Crippen LogP contribution in [-0.4, -0.2) is 36.9 Å². The molecule has 0 spiro atoms. The van der Waals surface area contributed by atoms with Crippen molar-refractivity contribution in [1.82, 2.24) is 4.90 Å². The van der Waals surface area contributed by atoms with Crippen LogP contribution in [0.5, 0.6) is 0 Å². The van der Waals surface area contributed by atoms with E-state index in [2.05, 4.69) is 13.8 Å². The molecule has 0 atom stereocenters. The molecule has 1 aliphatic rings. The van der Waals surface area contributed by atoms with Gasteiger partial charge in [0, 0.05) is 25.8 Å². The summed E-state index contributed by atoms with van der Waals surface area (Å²) < 4.78 is 0. The second kappa shape index (κ2) is 6.74. The topological polar surface area (TPSA) is 40.6 Å². The zero-order valence-electron chi connectivity index (χ0n) is 13.2. The largest absolute Gasteiger partial charge is 0.342 e. The van der Waals surface area contributed by atoms with Crippen LogP contribution in [0.3, 0.4) is 0 Å². The number of amides is 2. The third-order valence-electron chi connectivity index (χ3n) is 3.92. The molecule has 2 amide bonds. The van der Waals surface area contributed by atoms with E-state index in [0.717, 1.165) is 42.7 Å². The van der Waals surface area contributed by atoms with Crippen LogP contribution in [0.4, 0.5) is 5.69 Å². The van der Waals surface area contributed by atoms with Crippen molar-refractivity contribution >= 4 is 17.5 Å². The van der Waals surface area contributed by atoms with Gasteiger partial charge in [0.15, 0.2) is 0 Å². The summed E-state index contributed by atoms with van der Waals surface area (Å²) in [5.41, 5.74) is 3.00. The van der Waals surface area contributed by atoms with E-state index in [9.17, 15) is 9.59 Å². The maximum Gasteiger partial charge on any atom is 0.231 e. The molecule has 0 radical (unpaired) electrons. The van der Waals surface area contributed by atoms with E-state index in [-0.39, 0.29) is 11.8 Å². The molecule has 1 aromatic carbocycles. The van der Waals surface area contributed by atoms with E-state index in [1.54, 1.807) is 11.9 Å². The molecule has 4 nitrogen and oxygen atoms in total. The monoisotopic (exact) mass is 288 g/mol. The average Bonchev–Trinajstić information content (AvgIpc) is 2.73. The highest BCUT2D eigenvalue weighted by atomic mass is 16.2. The van der Waals surface area contributed by atoms with E-state index in [4.69, 9.17) is 0 Å². The smallest absolute Gasteiger partial charge is 0.231 e. The molecular formula is C17H24N2O2. The Kier molecular flexibility index (Phi) is 4.99. The van der Waals surface area contributed by atoms with E-state index in [1.165, 1.54) is 0 Å². The maximum atomic E-state index is 12.4. The summed E-state index contributed by atoms with van der Waals surface area (Å²) in [5.74, 6) is 0.295. The molecule has 0 aliphatic carbocycles. The fourth-order valence-electron chi connectivity index (χ4n) is 2.82. The third-order valence-corrected chi connectivity index (χ3v) is 3.92. The van der Waals surface area contributed by atoms with Gasteiger partial charge in [0.2, 0.25) is 11.8 Å². The molecule has 0 saturated carbocycles. The van der Waals surface area contributed by atoms with E-state index in [1.807, 2.05) is 23.1 Å². The van der Waals surface area contributed by atoms with Gasteiger partial charge in [-0.3, -0.25) is 9.59 Å². The number of likely N-dealkylation sites (N-methyl/N-ethyl adjacent to an activating group) is 1. The van der Waals surface area contributed by atoms with Gasteiger partial charge in [0.1, 0.15) is 0 Å². The minimum Gasteiger partial charge on any atom is -0.342 e. The number of carbonyl (C=O) groups excluding carboxylic acids is 2. The fourth-order valence-corrected chi connectivity index (χ4v) is 2.82. The lowest BCUT2D eigenvalue weighted by molar-refractivity contribution is -0.130. The van der Waals surface area contributed by atoms with Crippen LogP contribution in [-0.2, 0) is 22.4 Å². The van der Waals surface area contributed by atoms with Crippen molar-refractivity contribution in [2.75, 3.05) is 25.0 Å². The summed E-state index contributed by atoms with van der Waals surface area (Å²) in [6.45, 7) is 5.82. The quantitative estimate of drug-likeness (QED) is 0.806. The molecule has 1 aromatic rings. The van der Waals surface area contributed by atoms with Crippen LogP contribution >= 0.6 is 0 Å². The van der Waals surface area contributed by atoms with Gasteiger partial charge in [-0.25, -0.2) is 0 Å². The predicted octanol–water partition coefficient (Wildman–Crippen LogP) is 2.40. The summed E-state index contributed by atoms with van der Waals surface area (Å²) in [5, 5.41) is 0. The molecule has 0 bridgehead atoms. The van der Waals surface area contributed by atoms with E-state index >= 15 is 0 Å². The standard InChI is InChI=1S/C17H24N2O2/c1-4-8-19(9-5-2)17(21)11-13-6-7-15-14(10-13)12-16(20)18(15)3/h6-7,10H,4-5,8-9,11-12H2,1-3H3. The molecule has 2 rings (SSSR count). The first kappa shape index (κ1) is 15.5. The van der Waals surface area contributed by atoms with Crippen molar-refractivity contribution in [3.05, 3.63) is 29.3 Å². The van der Waals surface area contributed by atoms with Gasteiger partial charge in [-0.15, -0.1) is 0 Å². The molecule has 1 aliphatic heterocycles. The van der Waals surface area contributed by atoms with Gasteiger partial charge in [-0.1, -0.05) is 26.0 Å². The number of benzene rings is 1. The Morgan fingerprint density at radius 2 is 1.90 bits per heavy atom. The average molecular weight is 288 g/mol. The summed E-state index contributed by atoms with van der Waals surface area (Å²) in [6.07, 6.45) is 2.83. The summed E-state index contributed by atoms with van der Waals surface area (Å²) in [6, 6.07) is 5.92. The molecule has 1 heterocycles. The molecular weight excluding hydrogens is 264 g/mol. The molecule has 4 heteroatoms. The van der Waals surface area contributed by atoms with Gasteiger partial charge in [-0.05, 0) is 30.0 Å². The SMILES string of the molecule is CCCN(CCC)C(=O)Cc1ccc2c(c1)CC(=O)N2C. The lowest BCUT2D eigenvalue weighted by Crippen LogP contribution is -2.33. The fraction of sp³-hybridized carbons (Fsp3) is 0.529. The lowest BCUT2D eigenvalue weighted by atomic mass is 10.1. The van der Waals surface area contributed by atoms with Crippen molar-refractivity contribution < 1.29 is 9.59 Å². The Balaban J connectivity index is 2.08. The van der Waals surface area contributed by atoms with Crippen LogP contribution in [0.2, 0.25) is 0 Å². The minimum atomic E-state index is 0.118. The van der Waals surface area contributed by atoms with Gasteiger partial charge in [0.25, 0.3) is 0 Å². The van der Waals surface area contributed by atoms with Gasteiger partial charge in [0.05, 0.1) is 12.8 Å². The molecule has 0 aromatic heterocycles. The summed E-state index contributed by atoms with van der Waals surface area (Å²) >= 11 is 0. The number of rotatable bonds is 6. The maximum absolute atomic E-state index is 12.4. The van der Waals surface area contributed by atoms with Crippen molar-refractivity contribution in [3.63, 3.8) is 0 Å². The van der Waals surface area contributed by atoms with Crippen molar-refractivity contribution in [3.8, 4) is 0 Å². The first-order chi connectivity index (χ1) is 10.1. The highest BCUT2D eigenvalue weighted by molar-refractivity contribution is 6.01. The number of hydrogen-bond acceptors (Lipinski definition) is 2. The molecule has 114 valence electrons. The highest BCUT2D eigenvalue weighted by Gasteiger charge is 2.24. The van der Waals surface area contributed by atoms with Gasteiger partial charge >= 0.3 is 0 Å². The van der Waals surface area contributed by atoms with Crippen molar-refractivity contribution in [2.45, 2.75) is 39.5 Å². The zero-order chi connectivity index (χ0) is 15.4. The Bertz CT molecular complexity index is 534. The van der Waals surface area contributed by atoms with E-state index in [0.29, 0.717) is 12.8 Å². The van der Waals surface area contributed by atoms with Crippen LogP contribution in [0.15, 0.2) is 18.2 Å². The molecule has 0 unspecified atom stereocenters. The number of carbonyl (C=O) groups is 2. The predicted molar refractivity (Wildman–Crippen MR) is 84.4 cm³/mol. The zero-order valence-corrected chi connectivity index (χ0v) is 13.2. The number of anilines is 1. The van der Waals surface area contributed by atoms with Gasteiger partial charge in [-0.2, -0.15) is 0 Å². The van der Waals surface area contributed by atoms with Crippen molar-refractivity contribution in [1.29, 1.82) is 0 Å². The van der Waals surface area contributed by atoms with Crippen LogP contribution in [0, 0.1) is 0 Å². The first-order valence-electron chi connectivity index (χ1n) is 7.73. The number of nitrogens with zero attached hydrogens (tertiary/aromatic N) is 2. The normalized spacial score (nSPS) is 13.5. The molecule has 0 saturated heterocycles. The van der Waals surface area contributed by atoms with Gasteiger partial charge < -0.3 is 9.80 Å². The lowest BCUT2D eigenvalue weighted by Gasteiger charge is -2.21. The van der Waals surface area contributed by atoms with Crippen LogP contribution in [0.25, 0.3) is 0 Å². The third kappa shape index (κ3) is 3.43. The summed E-state index contributed by atoms with van der Waals surface area (Å²) in [7, 11) is 1.79. The Morgan fingerprint density at radius 3 is 2.52 bits per heavy atom. The Morgan fingerprint density at radius 1 is 1.24 bits per heavy atom. The molecule has 0 fully saturated rings. The number of fused-ring (bicyclic) bond motifs is 1. The second-order valence-corrected chi connectivity index (χ2v) is 5.65. The van der Waals surface area contributed by atoms with E-state index < -0.39 is 0 Å². The molecule has 21 heavy (non-hydrogen) atoms. The minimum absolute atomic E-state index is 0.118. The van der Waals surface area contributed by atoms with Crippen molar-refractivity contribution in [2.24, 2.45) is 0 Å². The molecule has 0 N–H and O–H groups in total. The number of hydrogen-bond donors (Lipinski definition) is 0. The second-order valence-electron chi connectivity index (χ2n) is 5.65. The highest BCUT2D eigenvalue weighted by Crippen LogP contribution is 2.28. The van der Waals surface area contributed by atoms with Crippen LogP contribution in [0.1, 0.15) is 37.8 Å².